The minimum absolute atomic E-state index is 0.221. The Morgan fingerprint density at radius 3 is 2.75 bits per heavy atom. The van der Waals surface area contributed by atoms with Crippen LogP contribution < -0.4 is 5.32 Å². The number of amides is 1. The Balaban J connectivity index is 1.47. The SMILES string of the molecule is Cc1cc(C)n(-c2ccc(C(=O)NCc3cccnc3-n3cncn3)cn2)n1. The zero-order valence-electron chi connectivity index (χ0n) is 15.4. The van der Waals surface area contributed by atoms with Gasteiger partial charge in [0.25, 0.3) is 5.91 Å². The van der Waals surface area contributed by atoms with Gasteiger partial charge in [-0.05, 0) is 38.1 Å². The summed E-state index contributed by atoms with van der Waals surface area (Å²) in [5, 5.41) is 11.4. The normalized spacial score (nSPS) is 10.8. The van der Waals surface area contributed by atoms with Gasteiger partial charge in [-0.25, -0.2) is 24.3 Å². The van der Waals surface area contributed by atoms with Crippen LogP contribution in [0.4, 0.5) is 0 Å². The van der Waals surface area contributed by atoms with E-state index in [0.717, 1.165) is 17.0 Å². The van der Waals surface area contributed by atoms with Crippen molar-refractivity contribution in [3.8, 4) is 11.6 Å². The predicted molar refractivity (Wildman–Crippen MR) is 101 cm³/mol. The Morgan fingerprint density at radius 1 is 1.18 bits per heavy atom. The van der Waals surface area contributed by atoms with Gasteiger partial charge < -0.3 is 5.32 Å². The first-order valence-electron chi connectivity index (χ1n) is 8.68. The molecule has 1 amide bonds. The summed E-state index contributed by atoms with van der Waals surface area (Å²) in [5.41, 5.74) is 3.20. The summed E-state index contributed by atoms with van der Waals surface area (Å²) < 4.78 is 3.31. The Labute approximate surface area is 161 Å². The van der Waals surface area contributed by atoms with Crippen molar-refractivity contribution in [3.63, 3.8) is 0 Å². The van der Waals surface area contributed by atoms with Crippen molar-refractivity contribution < 1.29 is 4.79 Å². The van der Waals surface area contributed by atoms with Gasteiger partial charge in [0.05, 0.1) is 11.3 Å². The Morgan fingerprint density at radius 2 is 2.07 bits per heavy atom. The summed E-state index contributed by atoms with van der Waals surface area (Å²) in [7, 11) is 0. The van der Waals surface area contributed by atoms with Crippen LogP contribution in [0, 0.1) is 13.8 Å². The van der Waals surface area contributed by atoms with Crippen LogP contribution in [0.5, 0.6) is 0 Å². The topological polar surface area (TPSA) is 103 Å². The van der Waals surface area contributed by atoms with Crippen molar-refractivity contribution in [1.29, 1.82) is 0 Å². The maximum absolute atomic E-state index is 12.5. The number of pyridine rings is 2. The number of hydrogen-bond acceptors (Lipinski definition) is 6. The van der Waals surface area contributed by atoms with Gasteiger partial charge in [0.1, 0.15) is 12.7 Å². The average molecular weight is 374 g/mol. The number of carbonyl (C=O) groups excluding carboxylic acids is 1. The molecule has 4 aromatic heterocycles. The third-order valence-corrected chi connectivity index (χ3v) is 4.18. The lowest BCUT2D eigenvalue weighted by atomic mass is 10.2. The van der Waals surface area contributed by atoms with Gasteiger partial charge in [0, 0.05) is 30.2 Å². The number of carbonyl (C=O) groups is 1. The van der Waals surface area contributed by atoms with E-state index in [2.05, 4.69) is 30.5 Å². The molecule has 0 radical (unpaired) electrons. The average Bonchev–Trinajstić information content (AvgIpc) is 3.36. The largest absolute Gasteiger partial charge is 0.348 e. The van der Waals surface area contributed by atoms with Crippen LogP contribution in [0.25, 0.3) is 11.6 Å². The highest BCUT2D eigenvalue weighted by atomic mass is 16.1. The lowest BCUT2D eigenvalue weighted by molar-refractivity contribution is 0.0950. The second kappa shape index (κ2) is 7.39. The Bertz CT molecular complexity index is 1100. The standard InChI is InChI=1S/C19H18N8O/c1-13-8-14(2)27(25-13)17-6-5-16(10-22-17)19(28)23-9-15-4-3-7-21-18(15)26-12-20-11-24-26/h3-8,10-12H,9H2,1-2H3,(H,23,28). The first-order chi connectivity index (χ1) is 13.6. The molecule has 4 heterocycles. The van der Waals surface area contributed by atoms with Gasteiger partial charge in [0.15, 0.2) is 11.6 Å². The molecule has 0 aliphatic carbocycles. The molecule has 0 aliphatic rings. The number of rotatable bonds is 5. The molecule has 0 aromatic carbocycles. The number of nitrogens with one attached hydrogen (secondary N) is 1. The van der Waals surface area contributed by atoms with Crippen molar-refractivity contribution in [2.75, 3.05) is 0 Å². The van der Waals surface area contributed by atoms with Crippen LogP contribution in [0.15, 0.2) is 55.4 Å². The molecule has 1 N–H and O–H groups in total. The molecule has 9 nitrogen and oxygen atoms in total. The molecule has 0 saturated carbocycles. The van der Waals surface area contributed by atoms with Crippen molar-refractivity contribution in [2.45, 2.75) is 20.4 Å². The van der Waals surface area contributed by atoms with Crippen LogP contribution in [0.2, 0.25) is 0 Å². The third-order valence-electron chi connectivity index (χ3n) is 4.18. The van der Waals surface area contributed by atoms with Crippen LogP contribution in [-0.2, 0) is 6.54 Å². The number of nitrogens with zero attached hydrogens (tertiary/aromatic N) is 7. The zero-order valence-corrected chi connectivity index (χ0v) is 15.4. The summed E-state index contributed by atoms with van der Waals surface area (Å²) in [6.45, 7) is 4.20. The Hall–Kier alpha value is -3.88. The molecular weight excluding hydrogens is 356 g/mol. The highest BCUT2D eigenvalue weighted by Gasteiger charge is 2.11. The van der Waals surface area contributed by atoms with Gasteiger partial charge in [0.2, 0.25) is 0 Å². The predicted octanol–water partition coefficient (Wildman–Crippen LogP) is 1.79. The minimum atomic E-state index is -0.221. The van der Waals surface area contributed by atoms with Gasteiger partial charge >= 0.3 is 0 Å². The van der Waals surface area contributed by atoms with E-state index in [4.69, 9.17) is 0 Å². The smallest absolute Gasteiger partial charge is 0.253 e. The molecule has 9 heteroatoms. The molecule has 4 rings (SSSR count). The number of aromatic nitrogens is 7. The summed E-state index contributed by atoms with van der Waals surface area (Å²) in [6, 6.07) is 9.18. The fraction of sp³-hybridized carbons (Fsp3) is 0.158. The van der Waals surface area contributed by atoms with Crippen molar-refractivity contribution in [3.05, 3.63) is 77.9 Å². The third kappa shape index (κ3) is 3.50. The van der Waals surface area contributed by atoms with Gasteiger partial charge in [-0.2, -0.15) is 10.2 Å². The number of aryl methyl sites for hydroxylation is 2. The van der Waals surface area contributed by atoms with Gasteiger partial charge in [-0.15, -0.1) is 0 Å². The van der Waals surface area contributed by atoms with E-state index in [1.54, 1.807) is 40.2 Å². The van der Waals surface area contributed by atoms with E-state index >= 15 is 0 Å². The summed E-state index contributed by atoms with van der Waals surface area (Å²) in [5.74, 6) is 1.07. The van der Waals surface area contributed by atoms with Crippen LogP contribution in [0.1, 0.15) is 27.3 Å². The van der Waals surface area contributed by atoms with Gasteiger partial charge in [-0.1, -0.05) is 6.07 Å². The molecule has 0 atom stereocenters. The van der Waals surface area contributed by atoms with E-state index in [1.807, 2.05) is 32.0 Å². The number of hydrogen-bond donors (Lipinski definition) is 1. The molecule has 0 aliphatic heterocycles. The van der Waals surface area contributed by atoms with Crippen LogP contribution in [-0.4, -0.2) is 40.4 Å². The molecule has 0 spiro atoms. The second-order valence-corrected chi connectivity index (χ2v) is 6.25. The molecule has 0 bridgehead atoms. The van der Waals surface area contributed by atoms with E-state index in [-0.39, 0.29) is 5.91 Å². The summed E-state index contributed by atoms with van der Waals surface area (Å²) in [4.78, 5) is 25.1. The molecule has 4 aromatic rings. The molecule has 0 saturated heterocycles. The molecule has 28 heavy (non-hydrogen) atoms. The maximum atomic E-state index is 12.5. The highest BCUT2D eigenvalue weighted by Crippen LogP contribution is 2.12. The van der Waals surface area contributed by atoms with E-state index in [1.165, 1.54) is 6.33 Å². The van der Waals surface area contributed by atoms with Gasteiger partial charge in [-0.3, -0.25) is 4.79 Å². The van der Waals surface area contributed by atoms with Crippen LogP contribution >= 0.6 is 0 Å². The Kier molecular flexibility index (Phi) is 4.63. The van der Waals surface area contributed by atoms with Crippen LogP contribution in [0.3, 0.4) is 0 Å². The maximum Gasteiger partial charge on any atom is 0.253 e. The first kappa shape index (κ1) is 17.5. The van der Waals surface area contributed by atoms with E-state index in [9.17, 15) is 4.79 Å². The minimum Gasteiger partial charge on any atom is -0.348 e. The van der Waals surface area contributed by atoms with Crippen molar-refractivity contribution in [2.24, 2.45) is 0 Å². The molecule has 0 fully saturated rings. The van der Waals surface area contributed by atoms with Crippen molar-refractivity contribution >= 4 is 5.91 Å². The fourth-order valence-corrected chi connectivity index (χ4v) is 2.88. The lowest BCUT2D eigenvalue weighted by Crippen LogP contribution is -2.24. The first-order valence-corrected chi connectivity index (χ1v) is 8.68. The van der Waals surface area contributed by atoms with E-state index in [0.29, 0.717) is 23.7 Å². The zero-order chi connectivity index (χ0) is 19.5. The molecule has 140 valence electrons. The lowest BCUT2D eigenvalue weighted by Gasteiger charge is -2.10. The van der Waals surface area contributed by atoms with Crippen molar-refractivity contribution in [1.82, 2.24) is 39.8 Å². The molecule has 0 unspecified atom stereocenters. The van der Waals surface area contributed by atoms with E-state index < -0.39 is 0 Å². The monoisotopic (exact) mass is 374 g/mol. The highest BCUT2D eigenvalue weighted by molar-refractivity contribution is 5.93. The second-order valence-electron chi connectivity index (χ2n) is 6.25. The summed E-state index contributed by atoms with van der Waals surface area (Å²) in [6.07, 6.45) is 6.22. The fourth-order valence-electron chi connectivity index (χ4n) is 2.88. The summed E-state index contributed by atoms with van der Waals surface area (Å²) >= 11 is 0. The molecular formula is C19H18N8O. The quantitative estimate of drug-likeness (QED) is 0.571.